The molecule has 0 aromatic carbocycles. The number of hydrogen-bond acceptors (Lipinski definition) is 7. The van der Waals surface area contributed by atoms with Crippen LogP contribution < -0.4 is 0 Å². The summed E-state index contributed by atoms with van der Waals surface area (Å²) in [6.07, 6.45) is -13.5. The molecule has 0 aliphatic carbocycles. The standard InChI is InChI=1S/C22H19F17O7/c1-4-11(41)44-8-14(3,9-45-12(42)5-2)13(43)46-10(7-40)6-15(23,24)16(25,26)17(27,28)18(29,30)19(31,32)20(33,34)21(35,36)22(37,38)39/h4-5,10,40H,1-2,6-9H2,3H3. The number of alkyl halides is 17. The SMILES string of the molecule is C=CC(=O)OCC(C)(COC(=O)C=C)C(=O)OC(CO)CC(F)(F)C(F)(F)C(F)(F)C(F)(F)C(F)(F)C(F)(F)C(F)(F)C(F)(F)F. The molecule has 1 unspecified atom stereocenters. The van der Waals surface area contributed by atoms with Gasteiger partial charge in [-0.1, -0.05) is 13.2 Å². The number of aliphatic hydroxyl groups excluding tert-OH is 1. The number of hydrogen-bond donors (Lipinski definition) is 1. The number of aliphatic hydroxyl groups is 1. The summed E-state index contributed by atoms with van der Waals surface area (Å²) < 4.78 is 242. The van der Waals surface area contributed by atoms with Crippen LogP contribution in [-0.2, 0) is 28.6 Å². The normalized spacial score (nSPS) is 15.1. The van der Waals surface area contributed by atoms with Crippen LogP contribution in [-0.4, -0.2) is 96.6 Å². The fraction of sp³-hybridized carbons (Fsp3) is 0.682. The Bertz CT molecular complexity index is 1120. The number of esters is 3. The molecule has 1 N–H and O–H groups in total. The molecule has 24 heteroatoms. The average molecular weight is 718 g/mol. The second kappa shape index (κ2) is 13.4. The van der Waals surface area contributed by atoms with Gasteiger partial charge in [0.2, 0.25) is 0 Å². The highest BCUT2D eigenvalue weighted by Gasteiger charge is 2.95. The first kappa shape index (κ1) is 42.7. The van der Waals surface area contributed by atoms with E-state index in [1.54, 1.807) is 0 Å². The van der Waals surface area contributed by atoms with E-state index in [1.165, 1.54) is 0 Å². The molecule has 0 aromatic rings. The molecule has 0 radical (unpaired) electrons. The zero-order chi connectivity index (χ0) is 37.2. The van der Waals surface area contributed by atoms with Crippen LogP contribution in [0.3, 0.4) is 0 Å². The van der Waals surface area contributed by atoms with E-state index in [0.717, 1.165) is 0 Å². The van der Waals surface area contributed by atoms with Gasteiger partial charge in [0.25, 0.3) is 0 Å². The van der Waals surface area contributed by atoms with Crippen molar-refractivity contribution in [3.05, 3.63) is 25.3 Å². The van der Waals surface area contributed by atoms with Crippen LogP contribution in [0.5, 0.6) is 0 Å². The van der Waals surface area contributed by atoms with E-state index in [0.29, 0.717) is 19.1 Å². The lowest BCUT2D eigenvalue weighted by Crippen LogP contribution is -2.74. The monoisotopic (exact) mass is 718 g/mol. The Kier molecular flexibility index (Phi) is 12.4. The first-order valence-corrected chi connectivity index (χ1v) is 11.3. The molecule has 268 valence electrons. The fourth-order valence-corrected chi connectivity index (χ4v) is 2.79. The Morgan fingerprint density at radius 2 is 0.957 bits per heavy atom. The highest BCUT2D eigenvalue weighted by atomic mass is 19.4. The zero-order valence-electron chi connectivity index (χ0n) is 22.3. The summed E-state index contributed by atoms with van der Waals surface area (Å²) in [5.74, 6) is -63.0. The largest absolute Gasteiger partial charge is 0.461 e. The smallest absolute Gasteiger partial charge is 0.460 e. The molecule has 0 saturated carbocycles. The molecule has 46 heavy (non-hydrogen) atoms. The minimum atomic E-state index is -8.83. The summed E-state index contributed by atoms with van der Waals surface area (Å²) in [5.41, 5.74) is -2.56. The molecule has 1 atom stereocenters. The summed E-state index contributed by atoms with van der Waals surface area (Å²) >= 11 is 0. The summed E-state index contributed by atoms with van der Waals surface area (Å²) in [6, 6.07) is 0. The van der Waals surface area contributed by atoms with Gasteiger partial charge in [0.05, 0.1) is 13.0 Å². The van der Waals surface area contributed by atoms with Gasteiger partial charge >= 0.3 is 65.5 Å². The quantitative estimate of drug-likeness (QED) is 0.0885. The van der Waals surface area contributed by atoms with Gasteiger partial charge < -0.3 is 19.3 Å². The highest BCUT2D eigenvalue weighted by molar-refractivity contribution is 5.83. The molecule has 0 amide bonds. The molecule has 7 nitrogen and oxygen atoms in total. The molecule has 0 rings (SSSR count). The molecule has 0 aromatic heterocycles. The third kappa shape index (κ3) is 7.45. The first-order valence-electron chi connectivity index (χ1n) is 11.3. The van der Waals surface area contributed by atoms with Gasteiger partial charge in [-0.05, 0) is 6.92 Å². The van der Waals surface area contributed by atoms with Crippen LogP contribution in [0.4, 0.5) is 74.6 Å². The van der Waals surface area contributed by atoms with Gasteiger partial charge in [-0.2, -0.15) is 74.6 Å². The van der Waals surface area contributed by atoms with Crippen LogP contribution >= 0.6 is 0 Å². The van der Waals surface area contributed by atoms with E-state index in [4.69, 9.17) is 5.11 Å². The third-order valence-electron chi connectivity index (χ3n) is 5.64. The maximum atomic E-state index is 14.3. The molecule has 0 aliphatic rings. The zero-order valence-corrected chi connectivity index (χ0v) is 22.3. The highest BCUT2D eigenvalue weighted by Crippen LogP contribution is 2.64. The molecule has 0 bridgehead atoms. The summed E-state index contributed by atoms with van der Waals surface area (Å²) in [7, 11) is 0. The lowest BCUT2D eigenvalue weighted by Gasteiger charge is -2.43. The Labute approximate surface area is 244 Å². The second-order valence-corrected chi connectivity index (χ2v) is 9.25. The molecular formula is C22H19F17O7. The minimum absolute atomic E-state index is 0.472. The predicted molar refractivity (Wildman–Crippen MR) is 113 cm³/mol. The van der Waals surface area contributed by atoms with Crippen molar-refractivity contribution in [2.75, 3.05) is 19.8 Å². The third-order valence-corrected chi connectivity index (χ3v) is 5.64. The van der Waals surface area contributed by atoms with Crippen molar-refractivity contribution in [3.63, 3.8) is 0 Å². The molecule has 0 fully saturated rings. The average Bonchev–Trinajstić information content (AvgIpc) is 2.92. The van der Waals surface area contributed by atoms with Crippen LogP contribution in [0.15, 0.2) is 25.3 Å². The lowest BCUT2D eigenvalue weighted by atomic mass is 9.87. The van der Waals surface area contributed by atoms with Gasteiger partial charge in [0.1, 0.15) is 24.7 Å². The van der Waals surface area contributed by atoms with E-state index in [-0.39, 0.29) is 0 Å². The first-order chi connectivity index (χ1) is 20.2. The summed E-state index contributed by atoms with van der Waals surface area (Å²) in [6.45, 7) is 1.88. The lowest BCUT2D eigenvalue weighted by molar-refractivity contribution is -0.462. The van der Waals surface area contributed by atoms with Crippen molar-refractivity contribution >= 4 is 17.9 Å². The van der Waals surface area contributed by atoms with Crippen molar-refractivity contribution in [1.82, 2.24) is 0 Å². The Balaban J connectivity index is 6.58. The van der Waals surface area contributed by atoms with Crippen molar-refractivity contribution in [2.24, 2.45) is 5.41 Å². The van der Waals surface area contributed by atoms with E-state index in [1.807, 2.05) is 0 Å². The fourth-order valence-electron chi connectivity index (χ4n) is 2.79. The van der Waals surface area contributed by atoms with E-state index < -0.39 is 103 Å². The van der Waals surface area contributed by atoms with Crippen molar-refractivity contribution in [1.29, 1.82) is 0 Å². The Morgan fingerprint density at radius 3 is 1.26 bits per heavy atom. The van der Waals surface area contributed by atoms with Crippen LogP contribution in [0, 0.1) is 5.41 Å². The van der Waals surface area contributed by atoms with Gasteiger partial charge in [-0.15, -0.1) is 0 Å². The van der Waals surface area contributed by atoms with Crippen molar-refractivity contribution < 1.29 is 108 Å². The summed E-state index contributed by atoms with van der Waals surface area (Å²) in [4.78, 5) is 35.1. The van der Waals surface area contributed by atoms with Gasteiger partial charge in [0.15, 0.2) is 0 Å². The molecule has 0 saturated heterocycles. The Hall–Kier alpha value is -3.34. The van der Waals surface area contributed by atoms with Crippen LogP contribution in [0.25, 0.3) is 0 Å². The number of carbonyl (C=O) groups excluding carboxylic acids is 3. The molecule has 0 spiro atoms. The van der Waals surface area contributed by atoms with Gasteiger partial charge in [0, 0.05) is 12.2 Å². The molecular weight excluding hydrogens is 699 g/mol. The topological polar surface area (TPSA) is 99.1 Å². The van der Waals surface area contributed by atoms with E-state index in [9.17, 15) is 89.0 Å². The number of ether oxygens (including phenoxy) is 3. The predicted octanol–water partition coefficient (Wildman–Crippen LogP) is 5.75. The van der Waals surface area contributed by atoms with E-state index in [2.05, 4.69) is 27.4 Å². The number of rotatable bonds is 17. The van der Waals surface area contributed by atoms with Crippen LogP contribution in [0.1, 0.15) is 13.3 Å². The van der Waals surface area contributed by atoms with Crippen molar-refractivity contribution in [2.45, 2.75) is 67.1 Å². The van der Waals surface area contributed by atoms with Gasteiger partial charge in [-0.3, -0.25) is 4.79 Å². The van der Waals surface area contributed by atoms with Crippen molar-refractivity contribution in [3.8, 4) is 0 Å². The Morgan fingerprint density at radius 1 is 0.630 bits per heavy atom. The minimum Gasteiger partial charge on any atom is -0.461 e. The number of carbonyl (C=O) groups is 3. The molecule has 0 heterocycles. The second-order valence-electron chi connectivity index (χ2n) is 9.25. The maximum absolute atomic E-state index is 14.3. The summed E-state index contributed by atoms with van der Waals surface area (Å²) in [5, 5.41) is 9.15. The molecule has 0 aliphatic heterocycles. The number of halogens is 17. The van der Waals surface area contributed by atoms with Gasteiger partial charge in [-0.25, -0.2) is 9.59 Å². The van der Waals surface area contributed by atoms with E-state index >= 15 is 0 Å². The van der Waals surface area contributed by atoms with Crippen LogP contribution in [0.2, 0.25) is 0 Å². The maximum Gasteiger partial charge on any atom is 0.460 e.